The number of amides is 3. The van der Waals surface area contributed by atoms with Crippen LogP contribution in [0.1, 0.15) is 33.0 Å². The van der Waals surface area contributed by atoms with E-state index in [2.05, 4.69) is 30.4 Å². The van der Waals surface area contributed by atoms with Crippen LogP contribution in [0.15, 0.2) is 28.1 Å². The predicted octanol–water partition coefficient (Wildman–Crippen LogP) is 5.17. The summed E-state index contributed by atoms with van der Waals surface area (Å²) < 4.78 is 9.31. The molecular formula is C21H19Cl2N7O3S2. The Morgan fingerprint density at radius 2 is 1.97 bits per heavy atom. The minimum absolute atomic E-state index is 0.228. The molecule has 0 atom stereocenters. The molecule has 0 aliphatic rings. The van der Waals surface area contributed by atoms with Crippen LogP contribution in [0.3, 0.4) is 0 Å². The summed E-state index contributed by atoms with van der Waals surface area (Å²) in [5, 5.41) is 16.4. The number of urea groups is 1. The fourth-order valence-electron chi connectivity index (χ4n) is 3.13. The van der Waals surface area contributed by atoms with Crippen molar-refractivity contribution in [3.8, 4) is 10.6 Å². The average molecular weight is 552 g/mol. The van der Waals surface area contributed by atoms with Crippen LogP contribution in [0, 0.1) is 13.8 Å². The zero-order chi connectivity index (χ0) is 25.1. The third-order valence-electron chi connectivity index (χ3n) is 4.89. The van der Waals surface area contributed by atoms with Crippen LogP contribution in [-0.2, 0) is 13.1 Å². The van der Waals surface area contributed by atoms with Gasteiger partial charge in [0.25, 0.3) is 5.91 Å². The zero-order valence-electron chi connectivity index (χ0n) is 18.8. The van der Waals surface area contributed by atoms with E-state index in [1.165, 1.54) is 16.2 Å². The minimum atomic E-state index is -0.417. The number of anilines is 1. The molecule has 0 aliphatic heterocycles. The number of nitrogens with one attached hydrogen (secondary N) is 2. The van der Waals surface area contributed by atoms with Gasteiger partial charge in [-0.1, -0.05) is 38.9 Å². The molecule has 0 fully saturated rings. The van der Waals surface area contributed by atoms with Gasteiger partial charge in [0, 0.05) is 19.0 Å². The third kappa shape index (κ3) is 5.78. The quantitative estimate of drug-likeness (QED) is 0.324. The van der Waals surface area contributed by atoms with E-state index in [1.807, 2.05) is 0 Å². The molecule has 4 rings (SSSR count). The minimum Gasteiger partial charge on any atom is -0.354 e. The fourth-order valence-corrected chi connectivity index (χ4v) is 4.79. The molecule has 0 aliphatic carbocycles. The number of hydrogen-bond acceptors (Lipinski definition) is 9. The predicted molar refractivity (Wildman–Crippen MR) is 135 cm³/mol. The number of thiazole rings is 1. The van der Waals surface area contributed by atoms with Gasteiger partial charge in [-0.2, -0.15) is 0 Å². The van der Waals surface area contributed by atoms with Gasteiger partial charge in [0.1, 0.15) is 10.4 Å². The number of aryl methyl sites for hydroxylation is 2. The molecule has 14 heteroatoms. The smallest absolute Gasteiger partial charge is 0.321 e. The molecule has 0 unspecified atom stereocenters. The summed E-state index contributed by atoms with van der Waals surface area (Å²) in [5.74, 6) is 0.0829. The molecule has 2 N–H and O–H groups in total. The Kier molecular flexibility index (Phi) is 7.65. The van der Waals surface area contributed by atoms with Crippen molar-refractivity contribution in [1.29, 1.82) is 0 Å². The summed E-state index contributed by atoms with van der Waals surface area (Å²) in [4.78, 5) is 32.0. The molecule has 0 saturated carbocycles. The zero-order valence-corrected chi connectivity index (χ0v) is 21.9. The molecule has 3 amide bonds. The van der Waals surface area contributed by atoms with Crippen molar-refractivity contribution < 1.29 is 14.1 Å². The van der Waals surface area contributed by atoms with Crippen molar-refractivity contribution in [2.45, 2.75) is 26.9 Å². The lowest BCUT2D eigenvalue weighted by molar-refractivity contribution is 0.0783. The second-order valence-corrected chi connectivity index (χ2v) is 9.95. The van der Waals surface area contributed by atoms with Crippen LogP contribution >= 0.6 is 46.1 Å². The molecule has 1 aromatic carbocycles. The Morgan fingerprint density at radius 3 is 2.69 bits per heavy atom. The normalized spacial score (nSPS) is 10.9. The van der Waals surface area contributed by atoms with Crippen molar-refractivity contribution >= 4 is 63.1 Å². The summed E-state index contributed by atoms with van der Waals surface area (Å²) >= 11 is 14.3. The Balaban J connectivity index is 1.36. The van der Waals surface area contributed by atoms with Gasteiger partial charge in [-0.05, 0) is 43.1 Å². The number of aromatic nitrogens is 4. The van der Waals surface area contributed by atoms with E-state index in [9.17, 15) is 9.59 Å². The highest BCUT2D eigenvalue weighted by molar-refractivity contribution is 7.13. The van der Waals surface area contributed by atoms with E-state index >= 15 is 0 Å². The summed E-state index contributed by atoms with van der Waals surface area (Å²) in [6, 6.07) is 4.72. The number of nitrogens with zero attached hydrogens (tertiary/aromatic N) is 5. The summed E-state index contributed by atoms with van der Waals surface area (Å²) in [6.07, 6.45) is 0. The Bertz CT molecular complexity index is 1380. The second-order valence-electron chi connectivity index (χ2n) is 7.52. The molecule has 182 valence electrons. The summed E-state index contributed by atoms with van der Waals surface area (Å²) in [7, 11) is 1.66. The van der Waals surface area contributed by atoms with Crippen molar-refractivity contribution in [3.63, 3.8) is 0 Å². The second kappa shape index (κ2) is 10.7. The molecule has 0 spiro atoms. The van der Waals surface area contributed by atoms with Crippen LogP contribution in [-0.4, -0.2) is 43.6 Å². The molecule has 0 bridgehead atoms. The largest absolute Gasteiger partial charge is 0.354 e. The number of rotatable bonds is 7. The first-order valence-corrected chi connectivity index (χ1v) is 12.6. The lowest BCUT2D eigenvalue weighted by atomic mass is 10.1. The summed E-state index contributed by atoms with van der Waals surface area (Å²) in [6.45, 7) is 4.00. The van der Waals surface area contributed by atoms with Gasteiger partial charge in [0.05, 0.1) is 33.7 Å². The highest BCUT2D eigenvalue weighted by Crippen LogP contribution is 2.31. The Labute approximate surface area is 218 Å². The first-order valence-electron chi connectivity index (χ1n) is 10.2. The van der Waals surface area contributed by atoms with Gasteiger partial charge in [-0.3, -0.25) is 10.1 Å². The SMILES string of the molecule is Cc1nnsc1-c1onc(C)c1C(=O)N(C)Cc1csc(NC(=O)NCc2ccc(Cl)c(Cl)c2)n1. The van der Waals surface area contributed by atoms with E-state index in [0.717, 1.165) is 17.1 Å². The van der Waals surface area contributed by atoms with E-state index in [-0.39, 0.29) is 19.0 Å². The number of carbonyl (C=O) groups is 2. The Hall–Kier alpha value is -3.06. The third-order valence-corrected chi connectivity index (χ3v) is 7.26. The topological polar surface area (TPSA) is 126 Å². The van der Waals surface area contributed by atoms with Gasteiger partial charge in [-0.15, -0.1) is 16.4 Å². The number of benzene rings is 1. The maximum atomic E-state index is 13.2. The van der Waals surface area contributed by atoms with Crippen LogP contribution in [0.5, 0.6) is 0 Å². The van der Waals surface area contributed by atoms with Gasteiger partial charge in [0.2, 0.25) is 0 Å². The van der Waals surface area contributed by atoms with Crippen LogP contribution in [0.2, 0.25) is 10.0 Å². The van der Waals surface area contributed by atoms with E-state index in [4.69, 9.17) is 27.7 Å². The van der Waals surface area contributed by atoms with Crippen LogP contribution in [0.4, 0.5) is 9.93 Å². The summed E-state index contributed by atoms with van der Waals surface area (Å²) in [5.41, 5.74) is 2.93. The maximum absolute atomic E-state index is 13.2. The number of hydrogen-bond donors (Lipinski definition) is 2. The molecule has 4 aromatic rings. The lowest BCUT2D eigenvalue weighted by Crippen LogP contribution is -2.28. The molecule has 0 saturated heterocycles. The molecule has 3 aromatic heterocycles. The van der Waals surface area contributed by atoms with E-state index < -0.39 is 6.03 Å². The van der Waals surface area contributed by atoms with Crippen molar-refractivity contribution in [2.24, 2.45) is 0 Å². The first kappa shape index (κ1) is 25.0. The number of carbonyl (C=O) groups excluding carboxylic acids is 2. The molecular weight excluding hydrogens is 533 g/mol. The average Bonchev–Trinajstić information content (AvgIpc) is 3.54. The van der Waals surface area contributed by atoms with Gasteiger partial charge < -0.3 is 14.7 Å². The molecule has 0 radical (unpaired) electrons. The molecule has 35 heavy (non-hydrogen) atoms. The van der Waals surface area contributed by atoms with E-state index in [1.54, 1.807) is 44.5 Å². The van der Waals surface area contributed by atoms with Crippen LogP contribution < -0.4 is 10.6 Å². The fraction of sp³-hybridized carbons (Fsp3) is 0.238. The van der Waals surface area contributed by atoms with Crippen molar-refractivity contribution in [2.75, 3.05) is 12.4 Å². The van der Waals surface area contributed by atoms with Gasteiger partial charge >= 0.3 is 6.03 Å². The van der Waals surface area contributed by atoms with Crippen molar-refractivity contribution in [1.82, 2.24) is 29.9 Å². The standard InChI is InChI=1S/C21H19Cl2N7O3S2/c1-10-16(17(33-28-10)18-11(2)27-29-35-18)19(31)30(3)8-13-9-34-21(25-13)26-20(32)24-7-12-4-5-14(22)15(23)6-12/h4-6,9H,7-8H2,1-3H3,(H2,24,25,26,32). The van der Waals surface area contributed by atoms with Crippen LogP contribution in [0.25, 0.3) is 10.6 Å². The molecule has 10 nitrogen and oxygen atoms in total. The lowest BCUT2D eigenvalue weighted by Gasteiger charge is -2.15. The maximum Gasteiger partial charge on any atom is 0.321 e. The monoisotopic (exact) mass is 551 g/mol. The van der Waals surface area contributed by atoms with Crippen molar-refractivity contribution in [3.05, 3.63) is 61.8 Å². The highest BCUT2D eigenvalue weighted by Gasteiger charge is 2.27. The number of halogens is 2. The van der Waals surface area contributed by atoms with Gasteiger partial charge in [0.15, 0.2) is 10.9 Å². The highest BCUT2D eigenvalue weighted by atomic mass is 35.5. The first-order chi connectivity index (χ1) is 16.7. The van der Waals surface area contributed by atoms with Gasteiger partial charge in [-0.25, -0.2) is 9.78 Å². The Morgan fingerprint density at radius 1 is 1.17 bits per heavy atom. The van der Waals surface area contributed by atoms with E-state index in [0.29, 0.717) is 48.5 Å². The molecule has 3 heterocycles.